The lowest BCUT2D eigenvalue weighted by Crippen LogP contribution is -2.45. The number of benzene rings is 2. The second-order valence-electron chi connectivity index (χ2n) is 11.2. The largest absolute Gasteiger partial charge is 0.496 e. The van der Waals surface area contributed by atoms with E-state index in [1.807, 2.05) is 47.4 Å². The van der Waals surface area contributed by atoms with E-state index in [2.05, 4.69) is 16.4 Å². The van der Waals surface area contributed by atoms with Crippen LogP contribution in [-0.2, 0) is 9.47 Å². The molecule has 3 aliphatic rings. The normalized spacial score (nSPS) is 20.4. The minimum absolute atomic E-state index is 0.0170. The molecule has 2 unspecified atom stereocenters. The van der Waals surface area contributed by atoms with Crippen LogP contribution in [0.3, 0.4) is 0 Å². The summed E-state index contributed by atoms with van der Waals surface area (Å²) in [6.45, 7) is 2.70. The van der Waals surface area contributed by atoms with Gasteiger partial charge in [-0.1, -0.05) is 6.07 Å². The van der Waals surface area contributed by atoms with Crippen molar-refractivity contribution in [1.82, 2.24) is 9.88 Å². The number of carbonyl (C=O) groups is 1. The Hall–Kier alpha value is -4.39. The smallest absolute Gasteiger partial charge is 0.254 e. The molecule has 3 saturated heterocycles. The first-order valence-electron chi connectivity index (χ1n) is 14.5. The molecule has 214 valence electrons. The van der Waals surface area contributed by atoms with E-state index in [1.165, 1.54) is 0 Å². The number of nitrogens with one attached hydrogen (secondary N) is 1. The van der Waals surface area contributed by atoms with Gasteiger partial charge in [0.1, 0.15) is 23.1 Å². The summed E-state index contributed by atoms with van der Waals surface area (Å²) in [5, 5.41) is 13.4. The van der Waals surface area contributed by atoms with Crippen LogP contribution >= 0.6 is 0 Å². The first kappa shape index (κ1) is 26.5. The summed E-state index contributed by atoms with van der Waals surface area (Å²) in [5.41, 5.74) is 5.72. The first-order valence-corrected chi connectivity index (χ1v) is 14.5. The number of nitriles is 1. The van der Waals surface area contributed by atoms with Gasteiger partial charge in [-0.25, -0.2) is 0 Å². The van der Waals surface area contributed by atoms with Gasteiger partial charge in [-0.15, -0.1) is 0 Å². The number of hydrogen-bond donors (Lipinski definition) is 1. The number of furan rings is 1. The molecule has 2 aromatic carbocycles. The molecule has 1 amide bonds. The van der Waals surface area contributed by atoms with E-state index < -0.39 is 0 Å². The Bertz CT molecular complexity index is 1670. The Morgan fingerprint density at radius 1 is 1.02 bits per heavy atom. The molecule has 0 saturated carbocycles. The van der Waals surface area contributed by atoms with Crippen molar-refractivity contribution in [2.75, 3.05) is 38.7 Å². The van der Waals surface area contributed by atoms with E-state index in [4.69, 9.17) is 18.6 Å². The number of rotatable bonds is 6. The predicted octanol–water partition coefficient (Wildman–Crippen LogP) is 5.64. The van der Waals surface area contributed by atoms with Gasteiger partial charge in [0.05, 0.1) is 36.1 Å². The van der Waals surface area contributed by atoms with Crippen molar-refractivity contribution < 1.29 is 23.4 Å². The molecule has 3 fully saturated rings. The molecule has 7 rings (SSSR count). The number of likely N-dealkylation sites (tertiary alicyclic amines) is 1. The third kappa shape index (κ3) is 4.97. The molecule has 2 aromatic heterocycles. The van der Waals surface area contributed by atoms with Crippen molar-refractivity contribution in [3.63, 3.8) is 0 Å². The lowest BCUT2D eigenvalue weighted by molar-refractivity contribution is -0.0303. The Morgan fingerprint density at radius 2 is 1.83 bits per heavy atom. The molecule has 1 N–H and O–H groups in total. The Kier molecular flexibility index (Phi) is 7.02. The molecular weight excluding hydrogens is 532 g/mol. The summed E-state index contributed by atoms with van der Waals surface area (Å²) in [6.07, 6.45) is 5.86. The molecule has 3 aliphatic heterocycles. The zero-order valence-corrected chi connectivity index (χ0v) is 23.5. The molecule has 0 aliphatic carbocycles. The van der Waals surface area contributed by atoms with Crippen LogP contribution in [0.15, 0.2) is 59.1 Å². The fraction of sp³-hybridized carbons (Fsp3) is 0.364. The summed E-state index contributed by atoms with van der Waals surface area (Å²) >= 11 is 0. The molecule has 5 heterocycles. The number of morpholine rings is 1. The average Bonchev–Trinajstić information content (AvgIpc) is 3.63. The highest BCUT2D eigenvalue weighted by Crippen LogP contribution is 2.39. The van der Waals surface area contributed by atoms with Crippen LogP contribution in [0.5, 0.6) is 5.75 Å². The molecule has 0 spiro atoms. The predicted molar refractivity (Wildman–Crippen MR) is 157 cm³/mol. The summed E-state index contributed by atoms with van der Waals surface area (Å²) in [7, 11) is 1.59. The SMILES string of the molecule is COc1cc(C(=O)N2CC3CCC(C2)O3)ccc1-c1cc2nccc(-c3ccc(NC4CCOCC4)c(C#N)c3)c2o1. The van der Waals surface area contributed by atoms with Gasteiger partial charge in [0.15, 0.2) is 5.58 Å². The zero-order chi connectivity index (χ0) is 28.6. The topological polar surface area (TPSA) is 110 Å². The van der Waals surface area contributed by atoms with Crippen LogP contribution in [0.2, 0.25) is 0 Å². The third-order valence-electron chi connectivity index (χ3n) is 8.49. The number of nitrogens with zero attached hydrogens (tertiary/aromatic N) is 3. The molecule has 2 bridgehead atoms. The van der Waals surface area contributed by atoms with Crippen LogP contribution in [-0.4, -0.2) is 67.5 Å². The van der Waals surface area contributed by atoms with Crippen LogP contribution in [0.4, 0.5) is 5.69 Å². The lowest BCUT2D eigenvalue weighted by atomic mass is 10.0. The fourth-order valence-corrected chi connectivity index (χ4v) is 6.28. The number of carbonyl (C=O) groups excluding carboxylic acids is 1. The fourth-order valence-electron chi connectivity index (χ4n) is 6.28. The number of anilines is 1. The number of hydrogen-bond acceptors (Lipinski definition) is 8. The minimum atomic E-state index is -0.0170. The van der Waals surface area contributed by atoms with E-state index >= 15 is 0 Å². The van der Waals surface area contributed by atoms with Crippen molar-refractivity contribution in [2.24, 2.45) is 0 Å². The average molecular weight is 565 g/mol. The van der Waals surface area contributed by atoms with E-state index in [1.54, 1.807) is 19.4 Å². The van der Waals surface area contributed by atoms with Gasteiger partial charge in [0, 0.05) is 55.7 Å². The summed E-state index contributed by atoms with van der Waals surface area (Å²) in [4.78, 5) is 19.7. The van der Waals surface area contributed by atoms with Crippen molar-refractivity contribution in [3.8, 4) is 34.3 Å². The maximum atomic E-state index is 13.3. The maximum Gasteiger partial charge on any atom is 0.254 e. The minimum Gasteiger partial charge on any atom is -0.496 e. The number of ether oxygens (including phenoxy) is 3. The second kappa shape index (κ2) is 11.1. The molecular formula is C33H32N4O5. The van der Waals surface area contributed by atoms with Crippen molar-refractivity contribution in [2.45, 2.75) is 43.9 Å². The van der Waals surface area contributed by atoms with E-state index in [9.17, 15) is 10.1 Å². The highest BCUT2D eigenvalue weighted by Gasteiger charge is 2.36. The van der Waals surface area contributed by atoms with Gasteiger partial charge in [-0.05, 0) is 67.6 Å². The van der Waals surface area contributed by atoms with E-state index in [0.717, 1.165) is 61.3 Å². The molecule has 9 nitrogen and oxygen atoms in total. The summed E-state index contributed by atoms with van der Waals surface area (Å²) in [5.74, 6) is 1.12. The molecule has 9 heteroatoms. The summed E-state index contributed by atoms with van der Waals surface area (Å²) < 4.78 is 23.5. The van der Waals surface area contributed by atoms with Gasteiger partial charge in [0.2, 0.25) is 0 Å². The molecule has 2 atom stereocenters. The van der Waals surface area contributed by atoms with Crippen LogP contribution in [0.1, 0.15) is 41.6 Å². The third-order valence-corrected chi connectivity index (χ3v) is 8.49. The van der Waals surface area contributed by atoms with Gasteiger partial charge < -0.3 is 28.8 Å². The number of pyridine rings is 1. The standard InChI is InChI=1S/C33H32N4O5/c1-39-30-15-21(33(38)37-18-24-4-5-25(19-37)41-24)2-6-27(30)31-16-29-32(42-31)26(8-11-35-29)20-3-7-28(22(14-20)17-34)36-23-9-12-40-13-10-23/h2-3,6-8,11,14-16,23-25,36H,4-5,9-10,12-13,18-19H2,1H3. The van der Waals surface area contributed by atoms with Crippen molar-refractivity contribution in [1.29, 1.82) is 5.26 Å². The van der Waals surface area contributed by atoms with Crippen molar-refractivity contribution >= 4 is 22.7 Å². The molecule has 42 heavy (non-hydrogen) atoms. The Balaban J connectivity index is 1.18. The number of aromatic nitrogens is 1. The number of fused-ring (bicyclic) bond motifs is 3. The van der Waals surface area contributed by atoms with E-state index in [-0.39, 0.29) is 24.2 Å². The Morgan fingerprint density at radius 3 is 2.60 bits per heavy atom. The maximum absolute atomic E-state index is 13.3. The van der Waals surface area contributed by atoms with Crippen LogP contribution < -0.4 is 10.1 Å². The lowest BCUT2D eigenvalue weighted by Gasteiger charge is -2.32. The van der Waals surface area contributed by atoms with Gasteiger partial charge in [-0.3, -0.25) is 9.78 Å². The van der Waals surface area contributed by atoms with Gasteiger partial charge in [0.25, 0.3) is 5.91 Å². The zero-order valence-electron chi connectivity index (χ0n) is 23.5. The van der Waals surface area contributed by atoms with Gasteiger partial charge in [-0.2, -0.15) is 5.26 Å². The van der Waals surface area contributed by atoms with Crippen LogP contribution in [0, 0.1) is 11.3 Å². The summed E-state index contributed by atoms with van der Waals surface area (Å²) in [6, 6.07) is 17.7. The number of methoxy groups -OCH3 is 1. The molecule has 4 aromatic rings. The van der Waals surface area contributed by atoms with Crippen molar-refractivity contribution in [3.05, 3.63) is 65.9 Å². The highest BCUT2D eigenvalue weighted by atomic mass is 16.5. The highest BCUT2D eigenvalue weighted by molar-refractivity contribution is 5.97. The monoisotopic (exact) mass is 564 g/mol. The first-order chi connectivity index (χ1) is 20.6. The molecule has 0 radical (unpaired) electrons. The van der Waals surface area contributed by atoms with E-state index in [0.29, 0.717) is 46.8 Å². The Labute approximate surface area is 244 Å². The number of amides is 1. The van der Waals surface area contributed by atoms with Gasteiger partial charge >= 0.3 is 0 Å². The second-order valence-corrected chi connectivity index (χ2v) is 11.2. The van der Waals surface area contributed by atoms with Crippen LogP contribution in [0.25, 0.3) is 33.6 Å². The quantitative estimate of drug-likeness (QED) is 0.321.